The fourth-order valence-electron chi connectivity index (χ4n) is 4.28. The molecular formula is C25H27NO3. The van der Waals surface area contributed by atoms with E-state index in [2.05, 4.69) is 72.2 Å². The molecule has 2 atom stereocenters. The number of aryl methyl sites for hydroxylation is 1. The summed E-state index contributed by atoms with van der Waals surface area (Å²) < 4.78 is 7.77. The van der Waals surface area contributed by atoms with Crippen LogP contribution in [0.2, 0.25) is 0 Å². The van der Waals surface area contributed by atoms with Gasteiger partial charge in [-0.05, 0) is 30.2 Å². The Balaban J connectivity index is 1.64. The van der Waals surface area contributed by atoms with Gasteiger partial charge in [-0.3, -0.25) is 4.79 Å². The Kier molecular flexibility index (Phi) is 5.81. The molecule has 3 aromatic rings. The summed E-state index contributed by atoms with van der Waals surface area (Å²) in [6, 6.07) is 25.4. The number of hydrogen-bond acceptors (Lipinski definition) is 3. The molecule has 0 aliphatic carbocycles. The van der Waals surface area contributed by atoms with Crippen LogP contribution in [0.5, 0.6) is 0 Å². The summed E-state index contributed by atoms with van der Waals surface area (Å²) in [7, 11) is 0. The van der Waals surface area contributed by atoms with Crippen LogP contribution in [0.3, 0.4) is 0 Å². The molecule has 150 valence electrons. The highest BCUT2D eigenvalue weighted by Gasteiger charge is 2.28. The first-order chi connectivity index (χ1) is 14.1. The van der Waals surface area contributed by atoms with Crippen LogP contribution in [-0.4, -0.2) is 27.9 Å². The molecule has 29 heavy (non-hydrogen) atoms. The number of hydrogen-bond donors (Lipinski definition) is 1. The van der Waals surface area contributed by atoms with Crippen molar-refractivity contribution in [2.75, 3.05) is 0 Å². The van der Waals surface area contributed by atoms with E-state index in [1.807, 2.05) is 12.1 Å². The standard InChI is InChI=1S/C25H27NO3/c1-18-12-13-23(26(18)15-14-22-16-21(27)17-24(28)29-22)25(19-8-4-2-5-9-19)20-10-6-3-7-11-20/h2-13,21-22,25,27H,14-17H2,1H3. The molecule has 2 heterocycles. The van der Waals surface area contributed by atoms with Gasteiger partial charge in [-0.2, -0.15) is 0 Å². The smallest absolute Gasteiger partial charge is 0.308 e. The number of nitrogens with zero attached hydrogens (tertiary/aromatic N) is 1. The third-order valence-electron chi connectivity index (χ3n) is 5.70. The molecule has 4 heteroatoms. The van der Waals surface area contributed by atoms with E-state index in [-0.39, 0.29) is 24.4 Å². The van der Waals surface area contributed by atoms with Gasteiger partial charge in [-0.25, -0.2) is 0 Å². The van der Waals surface area contributed by atoms with E-state index >= 15 is 0 Å². The number of carbonyl (C=O) groups is 1. The normalized spacial score (nSPS) is 19.3. The number of carbonyl (C=O) groups excluding carboxylic acids is 1. The SMILES string of the molecule is Cc1ccc(C(c2ccccc2)c2ccccc2)n1CCC1CC(O)CC(=O)O1. The van der Waals surface area contributed by atoms with Crippen LogP contribution in [-0.2, 0) is 16.1 Å². The number of ether oxygens (including phenoxy) is 1. The highest BCUT2D eigenvalue weighted by atomic mass is 16.5. The molecule has 1 fully saturated rings. The summed E-state index contributed by atoms with van der Waals surface area (Å²) in [5, 5.41) is 9.89. The fourth-order valence-corrected chi connectivity index (χ4v) is 4.28. The fraction of sp³-hybridized carbons (Fsp3) is 0.320. The van der Waals surface area contributed by atoms with Crippen LogP contribution in [0.4, 0.5) is 0 Å². The molecule has 2 aromatic carbocycles. The lowest BCUT2D eigenvalue weighted by molar-refractivity contribution is -0.160. The summed E-state index contributed by atoms with van der Waals surface area (Å²) in [6.45, 7) is 2.85. The van der Waals surface area contributed by atoms with Crippen molar-refractivity contribution < 1.29 is 14.6 Å². The maximum absolute atomic E-state index is 11.7. The van der Waals surface area contributed by atoms with Gasteiger partial charge in [0.2, 0.25) is 0 Å². The summed E-state index contributed by atoms with van der Waals surface area (Å²) in [5.41, 5.74) is 4.90. The predicted octanol–water partition coefficient (Wildman–Crippen LogP) is 4.43. The second-order valence-corrected chi connectivity index (χ2v) is 7.80. The van der Waals surface area contributed by atoms with Gasteiger partial charge in [0.25, 0.3) is 0 Å². The average Bonchev–Trinajstić information content (AvgIpc) is 3.08. The second kappa shape index (κ2) is 8.66. The van der Waals surface area contributed by atoms with Crippen LogP contribution in [0.15, 0.2) is 72.8 Å². The van der Waals surface area contributed by atoms with Gasteiger partial charge in [-0.15, -0.1) is 0 Å². The van der Waals surface area contributed by atoms with Gasteiger partial charge in [-0.1, -0.05) is 60.7 Å². The number of benzene rings is 2. The largest absolute Gasteiger partial charge is 0.462 e. The molecule has 1 aliphatic rings. The Morgan fingerprint density at radius 2 is 1.62 bits per heavy atom. The molecular weight excluding hydrogens is 362 g/mol. The number of aromatic nitrogens is 1. The van der Waals surface area contributed by atoms with Crippen LogP contribution in [0, 0.1) is 6.92 Å². The van der Waals surface area contributed by atoms with Gasteiger partial charge in [0, 0.05) is 36.7 Å². The predicted molar refractivity (Wildman–Crippen MR) is 113 cm³/mol. The van der Waals surface area contributed by atoms with E-state index in [4.69, 9.17) is 4.74 Å². The minimum atomic E-state index is -0.590. The van der Waals surface area contributed by atoms with Crippen molar-refractivity contribution in [3.63, 3.8) is 0 Å². The Hall–Kier alpha value is -2.85. The van der Waals surface area contributed by atoms with Crippen molar-refractivity contribution in [1.82, 2.24) is 4.57 Å². The molecule has 0 saturated carbocycles. The molecule has 0 amide bonds. The maximum atomic E-state index is 11.7. The van der Waals surface area contributed by atoms with Crippen molar-refractivity contribution in [2.24, 2.45) is 0 Å². The van der Waals surface area contributed by atoms with E-state index in [0.717, 1.165) is 6.54 Å². The van der Waals surface area contributed by atoms with Gasteiger partial charge >= 0.3 is 5.97 Å². The molecule has 2 unspecified atom stereocenters. The Morgan fingerprint density at radius 3 is 2.21 bits per heavy atom. The quantitative estimate of drug-likeness (QED) is 0.635. The molecule has 0 spiro atoms. The molecule has 1 aromatic heterocycles. The van der Waals surface area contributed by atoms with Gasteiger partial charge in [0.15, 0.2) is 0 Å². The molecule has 1 N–H and O–H groups in total. The van der Waals surface area contributed by atoms with Crippen molar-refractivity contribution >= 4 is 5.97 Å². The van der Waals surface area contributed by atoms with Gasteiger partial charge < -0.3 is 14.4 Å². The Morgan fingerprint density at radius 1 is 1.00 bits per heavy atom. The minimum Gasteiger partial charge on any atom is -0.462 e. The number of esters is 1. The van der Waals surface area contributed by atoms with Crippen molar-refractivity contribution in [1.29, 1.82) is 0 Å². The summed E-state index contributed by atoms with van der Waals surface area (Å²) >= 11 is 0. The van der Waals surface area contributed by atoms with Crippen molar-refractivity contribution in [2.45, 2.75) is 50.9 Å². The maximum Gasteiger partial charge on any atom is 0.308 e. The highest BCUT2D eigenvalue weighted by molar-refractivity contribution is 5.70. The van der Waals surface area contributed by atoms with Crippen molar-refractivity contribution in [3.05, 3.63) is 95.3 Å². The topological polar surface area (TPSA) is 51.5 Å². The molecule has 4 nitrogen and oxygen atoms in total. The number of aliphatic hydroxyl groups excluding tert-OH is 1. The second-order valence-electron chi connectivity index (χ2n) is 7.80. The lowest BCUT2D eigenvalue weighted by Crippen LogP contribution is -2.33. The zero-order chi connectivity index (χ0) is 20.2. The van der Waals surface area contributed by atoms with E-state index < -0.39 is 6.10 Å². The third-order valence-corrected chi connectivity index (χ3v) is 5.70. The monoisotopic (exact) mass is 389 g/mol. The first-order valence-corrected chi connectivity index (χ1v) is 10.3. The number of rotatable bonds is 6. The molecule has 0 bridgehead atoms. The highest BCUT2D eigenvalue weighted by Crippen LogP contribution is 2.33. The molecule has 1 aliphatic heterocycles. The average molecular weight is 389 g/mol. The molecule has 0 radical (unpaired) electrons. The van der Waals surface area contributed by atoms with Crippen LogP contribution < -0.4 is 0 Å². The van der Waals surface area contributed by atoms with E-state index in [1.165, 1.54) is 22.5 Å². The van der Waals surface area contributed by atoms with Gasteiger partial charge in [0.05, 0.1) is 12.5 Å². The minimum absolute atomic E-state index is 0.106. The summed E-state index contributed by atoms with van der Waals surface area (Å²) in [6.07, 6.45) is 0.499. The van der Waals surface area contributed by atoms with Crippen LogP contribution >= 0.6 is 0 Å². The Bertz CT molecular complexity index is 909. The van der Waals surface area contributed by atoms with Crippen LogP contribution in [0.1, 0.15) is 47.7 Å². The number of aliphatic hydroxyl groups is 1. The third kappa shape index (κ3) is 4.43. The van der Waals surface area contributed by atoms with E-state index in [9.17, 15) is 9.90 Å². The first-order valence-electron chi connectivity index (χ1n) is 10.3. The van der Waals surface area contributed by atoms with E-state index in [0.29, 0.717) is 12.8 Å². The van der Waals surface area contributed by atoms with Crippen LogP contribution in [0.25, 0.3) is 0 Å². The zero-order valence-corrected chi connectivity index (χ0v) is 16.7. The first kappa shape index (κ1) is 19.5. The Labute approximate surface area is 171 Å². The van der Waals surface area contributed by atoms with Crippen molar-refractivity contribution in [3.8, 4) is 0 Å². The lowest BCUT2D eigenvalue weighted by Gasteiger charge is -2.27. The lowest BCUT2D eigenvalue weighted by atomic mass is 9.88. The summed E-state index contributed by atoms with van der Waals surface area (Å²) in [4.78, 5) is 11.7. The van der Waals surface area contributed by atoms with E-state index in [1.54, 1.807) is 0 Å². The zero-order valence-electron chi connectivity index (χ0n) is 16.7. The van der Waals surface area contributed by atoms with Gasteiger partial charge in [0.1, 0.15) is 6.10 Å². The summed E-state index contributed by atoms with van der Waals surface area (Å²) in [5.74, 6) is -0.171. The number of cyclic esters (lactones) is 1. The molecule has 1 saturated heterocycles. The molecule has 4 rings (SSSR count).